The molecule has 3 heterocycles. The Morgan fingerprint density at radius 1 is 1.35 bits per heavy atom. The van der Waals surface area contributed by atoms with Crippen molar-refractivity contribution in [3.63, 3.8) is 0 Å². The Labute approximate surface area is 135 Å². The highest BCUT2D eigenvalue weighted by Gasteiger charge is 2.39. The maximum absolute atomic E-state index is 6.05. The van der Waals surface area contributed by atoms with Gasteiger partial charge in [-0.2, -0.15) is 4.98 Å². The van der Waals surface area contributed by atoms with Crippen LogP contribution in [0.4, 0.5) is 0 Å². The molecule has 1 aliphatic carbocycles. The predicted octanol–water partition coefficient (Wildman–Crippen LogP) is 3.06. The van der Waals surface area contributed by atoms with Gasteiger partial charge in [0.05, 0.1) is 18.7 Å². The zero-order valence-electron chi connectivity index (χ0n) is 13.9. The summed E-state index contributed by atoms with van der Waals surface area (Å²) in [5, 5.41) is 3.92. The fraction of sp³-hybridized carbons (Fsp3) is 0.647. The standard InChI is InChI=1S/C17H23N3O3/c1-10-6-14(10)16-5-4-12(22-16)8-20-9-13(21-3)7-15(20)17-18-11(2)19-23-17/h4-5,10,13-15H,6-9H2,1-3H3/t10-,13-,14+,15-/m1/s1. The lowest BCUT2D eigenvalue weighted by Gasteiger charge is -2.19. The van der Waals surface area contributed by atoms with Gasteiger partial charge in [0.2, 0.25) is 5.89 Å². The third-order valence-electron chi connectivity index (χ3n) is 5.04. The number of hydrogen-bond acceptors (Lipinski definition) is 6. The van der Waals surface area contributed by atoms with Crippen molar-refractivity contribution in [3.05, 3.63) is 35.4 Å². The maximum atomic E-state index is 6.05. The second-order valence-electron chi connectivity index (χ2n) is 6.84. The number of hydrogen-bond donors (Lipinski definition) is 0. The summed E-state index contributed by atoms with van der Waals surface area (Å²) in [6.07, 6.45) is 2.29. The summed E-state index contributed by atoms with van der Waals surface area (Å²) >= 11 is 0. The molecule has 4 rings (SSSR count). The number of aryl methyl sites for hydroxylation is 1. The van der Waals surface area contributed by atoms with Crippen molar-refractivity contribution >= 4 is 0 Å². The molecule has 0 aromatic carbocycles. The monoisotopic (exact) mass is 317 g/mol. The van der Waals surface area contributed by atoms with E-state index in [-0.39, 0.29) is 12.1 Å². The minimum atomic E-state index is 0.0922. The highest BCUT2D eigenvalue weighted by atomic mass is 16.5. The van der Waals surface area contributed by atoms with Crippen molar-refractivity contribution in [2.24, 2.45) is 5.92 Å². The van der Waals surface area contributed by atoms with Crippen LogP contribution in [0.15, 0.2) is 21.1 Å². The molecule has 0 spiro atoms. The molecule has 2 aromatic heterocycles. The molecular formula is C17H23N3O3. The third kappa shape index (κ3) is 2.93. The molecule has 0 radical (unpaired) electrons. The van der Waals surface area contributed by atoms with E-state index in [0.29, 0.717) is 17.6 Å². The van der Waals surface area contributed by atoms with Crippen LogP contribution in [0, 0.1) is 12.8 Å². The topological polar surface area (TPSA) is 64.5 Å². The average Bonchev–Trinajstić information content (AvgIpc) is 2.95. The lowest BCUT2D eigenvalue weighted by Crippen LogP contribution is -2.24. The van der Waals surface area contributed by atoms with Crippen molar-refractivity contribution in [3.8, 4) is 0 Å². The smallest absolute Gasteiger partial charge is 0.244 e. The van der Waals surface area contributed by atoms with Crippen molar-refractivity contribution in [1.82, 2.24) is 15.0 Å². The summed E-state index contributed by atoms with van der Waals surface area (Å²) in [7, 11) is 1.75. The maximum Gasteiger partial charge on any atom is 0.244 e. The summed E-state index contributed by atoms with van der Waals surface area (Å²) in [6.45, 7) is 5.70. The first-order chi connectivity index (χ1) is 11.1. The summed E-state index contributed by atoms with van der Waals surface area (Å²) in [4.78, 5) is 6.71. The predicted molar refractivity (Wildman–Crippen MR) is 82.8 cm³/mol. The van der Waals surface area contributed by atoms with Crippen LogP contribution in [0.5, 0.6) is 0 Å². The van der Waals surface area contributed by atoms with Crippen molar-refractivity contribution in [2.75, 3.05) is 13.7 Å². The highest BCUT2D eigenvalue weighted by Crippen LogP contribution is 2.47. The third-order valence-corrected chi connectivity index (χ3v) is 5.04. The van der Waals surface area contributed by atoms with E-state index in [2.05, 4.69) is 34.1 Å². The van der Waals surface area contributed by atoms with Gasteiger partial charge in [0.15, 0.2) is 5.82 Å². The zero-order valence-corrected chi connectivity index (χ0v) is 13.9. The molecule has 0 N–H and O–H groups in total. The Kier molecular flexibility index (Phi) is 3.73. The average molecular weight is 317 g/mol. The van der Waals surface area contributed by atoms with Crippen LogP contribution in [0.2, 0.25) is 0 Å². The largest absolute Gasteiger partial charge is 0.464 e. The second kappa shape index (κ2) is 5.76. The van der Waals surface area contributed by atoms with Gasteiger partial charge in [0, 0.05) is 19.6 Å². The zero-order chi connectivity index (χ0) is 16.0. The molecule has 1 saturated carbocycles. The minimum Gasteiger partial charge on any atom is -0.464 e. The first kappa shape index (κ1) is 14.9. The van der Waals surface area contributed by atoms with Crippen LogP contribution in [0.3, 0.4) is 0 Å². The summed E-state index contributed by atoms with van der Waals surface area (Å²) in [5.74, 6) is 4.84. The second-order valence-corrected chi connectivity index (χ2v) is 6.84. The van der Waals surface area contributed by atoms with Crippen molar-refractivity contribution < 1.29 is 13.7 Å². The Morgan fingerprint density at radius 2 is 2.17 bits per heavy atom. The van der Waals surface area contributed by atoms with E-state index in [1.54, 1.807) is 7.11 Å². The van der Waals surface area contributed by atoms with Gasteiger partial charge in [-0.25, -0.2) is 0 Å². The van der Waals surface area contributed by atoms with E-state index in [1.807, 2.05) is 6.92 Å². The van der Waals surface area contributed by atoms with Gasteiger partial charge in [0.25, 0.3) is 0 Å². The van der Waals surface area contributed by atoms with E-state index in [4.69, 9.17) is 13.7 Å². The van der Waals surface area contributed by atoms with E-state index < -0.39 is 0 Å². The number of furan rings is 1. The molecule has 23 heavy (non-hydrogen) atoms. The first-order valence-electron chi connectivity index (χ1n) is 8.29. The van der Waals surface area contributed by atoms with Crippen LogP contribution >= 0.6 is 0 Å². The molecule has 0 amide bonds. The van der Waals surface area contributed by atoms with E-state index in [0.717, 1.165) is 36.9 Å². The molecule has 6 nitrogen and oxygen atoms in total. The first-order valence-corrected chi connectivity index (χ1v) is 8.29. The van der Waals surface area contributed by atoms with Crippen molar-refractivity contribution in [2.45, 2.75) is 51.3 Å². The van der Waals surface area contributed by atoms with Gasteiger partial charge in [-0.1, -0.05) is 12.1 Å². The van der Waals surface area contributed by atoms with E-state index >= 15 is 0 Å². The summed E-state index contributed by atoms with van der Waals surface area (Å²) < 4.78 is 17.0. The lowest BCUT2D eigenvalue weighted by atomic mass is 10.2. The quantitative estimate of drug-likeness (QED) is 0.844. The van der Waals surface area contributed by atoms with Crippen LogP contribution in [-0.2, 0) is 11.3 Å². The molecule has 4 atom stereocenters. The minimum absolute atomic E-state index is 0.0922. The summed E-state index contributed by atoms with van der Waals surface area (Å²) in [6, 6.07) is 4.31. The van der Waals surface area contributed by atoms with Gasteiger partial charge in [-0.15, -0.1) is 0 Å². The van der Waals surface area contributed by atoms with E-state index in [1.165, 1.54) is 6.42 Å². The van der Waals surface area contributed by atoms with Gasteiger partial charge < -0.3 is 13.7 Å². The number of rotatable bonds is 5. The SMILES string of the molecule is CO[C@@H]1C[C@H](c2nc(C)no2)N(Cc2ccc([C@H]3C[C@H]3C)o2)C1. The highest BCUT2D eigenvalue weighted by molar-refractivity contribution is 5.18. The molecule has 0 bridgehead atoms. The fourth-order valence-corrected chi connectivity index (χ4v) is 3.51. The molecule has 1 saturated heterocycles. The number of aromatic nitrogens is 2. The molecule has 2 aliphatic rings. The van der Waals surface area contributed by atoms with Gasteiger partial charge >= 0.3 is 0 Å². The molecule has 124 valence electrons. The van der Waals surface area contributed by atoms with Crippen molar-refractivity contribution in [1.29, 1.82) is 0 Å². The van der Waals surface area contributed by atoms with Gasteiger partial charge in [-0.3, -0.25) is 4.90 Å². The molecule has 0 unspecified atom stereocenters. The van der Waals surface area contributed by atoms with Gasteiger partial charge in [0.1, 0.15) is 11.5 Å². The lowest BCUT2D eigenvalue weighted by molar-refractivity contribution is 0.106. The Hall–Kier alpha value is -1.66. The molecular weight excluding hydrogens is 294 g/mol. The molecule has 6 heteroatoms. The normalized spacial score (nSPS) is 30.9. The molecule has 2 fully saturated rings. The summed E-state index contributed by atoms with van der Waals surface area (Å²) in [5.41, 5.74) is 0. The number of nitrogens with zero attached hydrogens (tertiary/aromatic N) is 3. The van der Waals surface area contributed by atoms with Crippen LogP contribution in [0.1, 0.15) is 55.0 Å². The fourth-order valence-electron chi connectivity index (χ4n) is 3.51. The number of ether oxygens (including phenoxy) is 1. The van der Waals surface area contributed by atoms with Crippen LogP contribution in [-0.4, -0.2) is 34.8 Å². The number of likely N-dealkylation sites (tertiary alicyclic amines) is 1. The Bertz CT molecular complexity index is 680. The van der Waals surface area contributed by atoms with Gasteiger partial charge in [-0.05, 0) is 37.8 Å². The Morgan fingerprint density at radius 3 is 2.83 bits per heavy atom. The number of methoxy groups -OCH3 is 1. The van der Waals surface area contributed by atoms with E-state index in [9.17, 15) is 0 Å². The Balaban J connectivity index is 1.50. The van der Waals surface area contributed by atoms with Crippen LogP contribution in [0.25, 0.3) is 0 Å². The molecule has 1 aliphatic heterocycles. The molecule has 2 aromatic rings. The van der Waals surface area contributed by atoms with Crippen LogP contribution < -0.4 is 0 Å².